The number of carbonyl (C=O) groups is 1. The monoisotopic (exact) mass is 376 g/mol. The number of aryl methyl sites for hydroxylation is 1. The Bertz CT molecular complexity index is 819. The Morgan fingerprint density at radius 1 is 1.15 bits per heavy atom. The van der Waals surface area contributed by atoms with E-state index in [4.69, 9.17) is 5.73 Å². The summed E-state index contributed by atoms with van der Waals surface area (Å²) in [6.45, 7) is 2.29. The zero-order valence-corrected chi connectivity index (χ0v) is 16.1. The second kappa shape index (κ2) is 6.06. The Balaban J connectivity index is 1.55. The van der Waals surface area contributed by atoms with Crippen molar-refractivity contribution in [3.8, 4) is 0 Å². The maximum Gasteiger partial charge on any atom is 0.240 e. The minimum absolute atomic E-state index is 0.00399. The fourth-order valence-electron chi connectivity index (χ4n) is 6.62. The number of primary amides is 1. The standard InChI is InChI=1S/C20H28N2O3S/c1-14-4-2-3-5-17(14)26(24,25)22-13-20-9-15-6-16(10-20)8-19(7-15,12-20)11-18(21)23/h2-5,15-16,22H,6-13H2,1H3,(H2,21,23). The molecule has 5 rings (SSSR count). The van der Waals surface area contributed by atoms with E-state index in [-0.39, 0.29) is 16.7 Å². The Morgan fingerprint density at radius 3 is 2.38 bits per heavy atom. The smallest absolute Gasteiger partial charge is 0.240 e. The largest absolute Gasteiger partial charge is 0.370 e. The molecule has 0 aromatic heterocycles. The zero-order valence-electron chi connectivity index (χ0n) is 15.3. The van der Waals surface area contributed by atoms with E-state index in [0.717, 1.165) is 37.7 Å². The van der Waals surface area contributed by atoms with Crippen LogP contribution in [0, 0.1) is 29.6 Å². The first kappa shape index (κ1) is 18.0. The molecule has 4 bridgehead atoms. The molecule has 4 aliphatic rings. The van der Waals surface area contributed by atoms with Crippen LogP contribution < -0.4 is 10.5 Å². The number of rotatable bonds is 6. The number of benzene rings is 1. The fourth-order valence-corrected chi connectivity index (χ4v) is 8.02. The minimum Gasteiger partial charge on any atom is -0.370 e. The van der Waals surface area contributed by atoms with Gasteiger partial charge in [0.25, 0.3) is 0 Å². The van der Waals surface area contributed by atoms with Crippen LogP contribution >= 0.6 is 0 Å². The molecule has 3 N–H and O–H groups in total. The first-order chi connectivity index (χ1) is 12.2. The first-order valence-corrected chi connectivity index (χ1v) is 11.0. The Kier molecular flexibility index (Phi) is 4.19. The number of sulfonamides is 1. The Morgan fingerprint density at radius 2 is 1.77 bits per heavy atom. The Hall–Kier alpha value is -1.40. The van der Waals surface area contributed by atoms with Crippen LogP contribution in [0.1, 0.15) is 50.5 Å². The number of amides is 1. The van der Waals surface area contributed by atoms with Crippen molar-refractivity contribution in [2.45, 2.75) is 56.8 Å². The summed E-state index contributed by atoms with van der Waals surface area (Å²) in [4.78, 5) is 12.0. The molecule has 0 heterocycles. The summed E-state index contributed by atoms with van der Waals surface area (Å²) >= 11 is 0. The molecule has 1 aromatic carbocycles. The van der Waals surface area contributed by atoms with Crippen LogP contribution in [0.15, 0.2) is 29.2 Å². The quantitative estimate of drug-likeness (QED) is 0.800. The molecule has 1 amide bonds. The van der Waals surface area contributed by atoms with E-state index >= 15 is 0 Å². The third kappa shape index (κ3) is 3.18. The SMILES string of the molecule is Cc1ccccc1S(=O)(=O)NCC12CC3CC(C1)CC(CC(N)=O)(C3)C2. The predicted octanol–water partition coefficient (Wildman–Crippen LogP) is 2.74. The molecule has 2 atom stereocenters. The van der Waals surface area contributed by atoms with Gasteiger partial charge in [0.2, 0.25) is 15.9 Å². The highest BCUT2D eigenvalue weighted by Crippen LogP contribution is 2.66. The van der Waals surface area contributed by atoms with Crippen molar-refractivity contribution in [1.82, 2.24) is 4.72 Å². The van der Waals surface area contributed by atoms with E-state index in [1.807, 2.05) is 19.1 Å². The van der Waals surface area contributed by atoms with Crippen LogP contribution in [0.25, 0.3) is 0 Å². The second-order valence-electron chi connectivity index (χ2n) is 9.19. The molecule has 0 spiro atoms. The molecule has 2 unspecified atom stereocenters. The van der Waals surface area contributed by atoms with Gasteiger partial charge in [0, 0.05) is 13.0 Å². The molecule has 0 saturated heterocycles. The van der Waals surface area contributed by atoms with Gasteiger partial charge in [0.05, 0.1) is 4.90 Å². The lowest BCUT2D eigenvalue weighted by Gasteiger charge is -2.62. The van der Waals surface area contributed by atoms with Gasteiger partial charge >= 0.3 is 0 Å². The van der Waals surface area contributed by atoms with Crippen molar-refractivity contribution >= 4 is 15.9 Å². The van der Waals surface area contributed by atoms with Gasteiger partial charge in [0.15, 0.2) is 0 Å². The maximum absolute atomic E-state index is 12.8. The Labute approximate surface area is 155 Å². The molecule has 4 saturated carbocycles. The van der Waals surface area contributed by atoms with Gasteiger partial charge in [-0.2, -0.15) is 0 Å². The topological polar surface area (TPSA) is 89.3 Å². The maximum atomic E-state index is 12.8. The van der Waals surface area contributed by atoms with Crippen molar-refractivity contribution < 1.29 is 13.2 Å². The second-order valence-corrected chi connectivity index (χ2v) is 10.9. The van der Waals surface area contributed by atoms with Gasteiger partial charge in [-0.15, -0.1) is 0 Å². The summed E-state index contributed by atoms with van der Waals surface area (Å²) in [7, 11) is -3.52. The summed E-state index contributed by atoms with van der Waals surface area (Å²) < 4.78 is 28.5. The van der Waals surface area contributed by atoms with Crippen molar-refractivity contribution in [3.63, 3.8) is 0 Å². The van der Waals surface area contributed by atoms with Gasteiger partial charge in [-0.1, -0.05) is 18.2 Å². The van der Waals surface area contributed by atoms with Gasteiger partial charge < -0.3 is 5.73 Å². The normalized spacial score (nSPS) is 35.6. The van der Waals surface area contributed by atoms with Crippen LogP contribution in [-0.2, 0) is 14.8 Å². The van der Waals surface area contributed by atoms with E-state index < -0.39 is 10.0 Å². The lowest BCUT2D eigenvalue weighted by atomic mass is 9.43. The average molecular weight is 377 g/mol. The van der Waals surface area contributed by atoms with E-state index in [1.165, 1.54) is 6.42 Å². The highest BCUT2D eigenvalue weighted by Gasteiger charge is 2.57. The van der Waals surface area contributed by atoms with Crippen molar-refractivity contribution in [2.24, 2.45) is 28.4 Å². The molecule has 0 radical (unpaired) electrons. The number of hydrogen-bond donors (Lipinski definition) is 2. The molecule has 0 aliphatic heterocycles. The molecule has 6 heteroatoms. The van der Waals surface area contributed by atoms with Gasteiger partial charge in [-0.25, -0.2) is 13.1 Å². The molecular weight excluding hydrogens is 348 g/mol. The molecule has 26 heavy (non-hydrogen) atoms. The fraction of sp³-hybridized carbons (Fsp3) is 0.650. The summed E-state index contributed by atoms with van der Waals surface area (Å²) in [5.74, 6) is 1.000. The zero-order chi connectivity index (χ0) is 18.6. The van der Waals surface area contributed by atoms with Crippen molar-refractivity contribution in [2.75, 3.05) is 6.54 Å². The van der Waals surface area contributed by atoms with Crippen LogP contribution in [0.2, 0.25) is 0 Å². The van der Waals surface area contributed by atoms with E-state index in [0.29, 0.717) is 29.7 Å². The third-order valence-electron chi connectivity index (χ3n) is 6.87. The number of nitrogens with two attached hydrogens (primary N) is 1. The molecule has 4 fully saturated rings. The van der Waals surface area contributed by atoms with E-state index in [2.05, 4.69) is 4.72 Å². The molecule has 5 nitrogen and oxygen atoms in total. The van der Waals surface area contributed by atoms with Crippen molar-refractivity contribution in [3.05, 3.63) is 29.8 Å². The number of nitrogens with one attached hydrogen (secondary N) is 1. The van der Waals surface area contributed by atoms with Crippen LogP contribution in [0.3, 0.4) is 0 Å². The molecular formula is C20H28N2O3S. The highest BCUT2D eigenvalue weighted by molar-refractivity contribution is 7.89. The van der Waals surface area contributed by atoms with Crippen molar-refractivity contribution in [1.29, 1.82) is 0 Å². The summed E-state index contributed by atoms with van der Waals surface area (Å²) in [6, 6.07) is 7.09. The van der Waals surface area contributed by atoms with Gasteiger partial charge in [-0.3, -0.25) is 4.79 Å². The summed E-state index contributed by atoms with van der Waals surface area (Å²) in [5.41, 5.74) is 6.29. The lowest BCUT2D eigenvalue weighted by molar-refractivity contribution is -0.135. The van der Waals surface area contributed by atoms with Crippen LogP contribution in [0.5, 0.6) is 0 Å². The van der Waals surface area contributed by atoms with Gasteiger partial charge in [-0.05, 0) is 79.7 Å². The van der Waals surface area contributed by atoms with E-state index in [9.17, 15) is 13.2 Å². The van der Waals surface area contributed by atoms with Crippen LogP contribution in [0.4, 0.5) is 0 Å². The lowest BCUT2D eigenvalue weighted by Crippen LogP contribution is -2.56. The highest BCUT2D eigenvalue weighted by atomic mass is 32.2. The summed E-state index contributed by atoms with van der Waals surface area (Å²) in [5, 5.41) is 0. The predicted molar refractivity (Wildman–Crippen MR) is 99.7 cm³/mol. The van der Waals surface area contributed by atoms with Crippen LogP contribution in [-0.4, -0.2) is 20.9 Å². The number of hydrogen-bond acceptors (Lipinski definition) is 3. The van der Waals surface area contributed by atoms with E-state index in [1.54, 1.807) is 12.1 Å². The molecule has 4 aliphatic carbocycles. The summed E-state index contributed by atoms with van der Waals surface area (Å²) in [6.07, 6.45) is 6.91. The molecule has 142 valence electrons. The average Bonchev–Trinajstić information content (AvgIpc) is 2.51. The minimum atomic E-state index is -3.52. The third-order valence-corrected chi connectivity index (χ3v) is 8.43. The number of carbonyl (C=O) groups excluding carboxylic acids is 1. The molecule has 1 aromatic rings. The first-order valence-electron chi connectivity index (χ1n) is 9.55. The van der Waals surface area contributed by atoms with Gasteiger partial charge in [0.1, 0.15) is 0 Å².